The molecule has 0 bridgehead atoms. The van der Waals surface area contributed by atoms with Gasteiger partial charge in [0, 0.05) is 13.3 Å². The highest BCUT2D eigenvalue weighted by molar-refractivity contribution is 5.86. The highest BCUT2D eigenvalue weighted by Gasteiger charge is 2.30. The van der Waals surface area contributed by atoms with Crippen molar-refractivity contribution in [3.05, 3.63) is 47.7 Å². The van der Waals surface area contributed by atoms with Crippen molar-refractivity contribution in [1.29, 1.82) is 0 Å². The van der Waals surface area contributed by atoms with Crippen molar-refractivity contribution < 1.29 is 13.2 Å². The molecule has 1 aromatic carbocycles. The lowest BCUT2D eigenvalue weighted by molar-refractivity contribution is -0.137. The number of nitrogens with one attached hydrogen (secondary N) is 1. The zero-order chi connectivity index (χ0) is 15.9. The van der Waals surface area contributed by atoms with Gasteiger partial charge in [0.15, 0.2) is 0 Å². The molecule has 0 radical (unpaired) electrons. The van der Waals surface area contributed by atoms with Crippen LogP contribution in [0.2, 0.25) is 0 Å². The molecule has 6 heteroatoms. The Morgan fingerprint density at radius 3 is 2.62 bits per heavy atom. The SMILES string of the molecule is CC/C=C(C=Nc1cc(C(F)(F)F)ccc1NC)\C=C/N. The Morgan fingerprint density at radius 1 is 1.38 bits per heavy atom. The number of alkyl halides is 3. The molecule has 0 saturated carbocycles. The van der Waals surface area contributed by atoms with E-state index in [0.29, 0.717) is 5.69 Å². The van der Waals surface area contributed by atoms with E-state index in [0.717, 1.165) is 24.1 Å². The zero-order valence-electron chi connectivity index (χ0n) is 11.9. The van der Waals surface area contributed by atoms with Crippen molar-refractivity contribution in [1.82, 2.24) is 0 Å². The number of halogens is 3. The van der Waals surface area contributed by atoms with E-state index in [9.17, 15) is 13.2 Å². The van der Waals surface area contributed by atoms with Crippen molar-refractivity contribution in [3.8, 4) is 0 Å². The minimum absolute atomic E-state index is 0.222. The predicted molar refractivity (Wildman–Crippen MR) is 80.8 cm³/mol. The summed E-state index contributed by atoms with van der Waals surface area (Å²) in [6.45, 7) is 1.95. The van der Waals surface area contributed by atoms with Gasteiger partial charge in [-0.05, 0) is 42.5 Å². The van der Waals surface area contributed by atoms with E-state index < -0.39 is 11.7 Å². The second-order valence-electron chi connectivity index (χ2n) is 4.21. The molecule has 0 aliphatic carbocycles. The molecule has 0 aliphatic rings. The number of hydrogen-bond donors (Lipinski definition) is 2. The summed E-state index contributed by atoms with van der Waals surface area (Å²) in [4.78, 5) is 4.13. The van der Waals surface area contributed by atoms with E-state index >= 15 is 0 Å². The van der Waals surface area contributed by atoms with Gasteiger partial charge in [0.05, 0.1) is 16.9 Å². The van der Waals surface area contributed by atoms with Crippen molar-refractivity contribution >= 4 is 17.6 Å². The number of nitrogens with zero attached hydrogens (tertiary/aromatic N) is 1. The summed E-state index contributed by atoms with van der Waals surface area (Å²) in [6, 6.07) is 3.39. The van der Waals surface area contributed by atoms with E-state index in [4.69, 9.17) is 5.73 Å². The molecule has 0 fully saturated rings. The number of nitrogens with two attached hydrogens (primary N) is 1. The van der Waals surface area contributed by atoms with Crippen LogP contribution in [-0.4, -0.2) is 13.3 Å². The lowest BCUT2D eigenvalue weighted by atomic mass is 10.1. The quantitative estimate of drug-likeness (QED) is 0.630. The van der Waals surface area contributed by atoms with Crippen LogP contribution in [0.1, 0.15) is 18.9 Å². The molecule has 1 rings (SSSR count). The number of hydrogen-bond acceptors (Lipinski definition) is 3. The first-order chi connectivity index (χ1) is 9.92. The Morgan fingerprint density at radius 2 is 2.10 bits per heavy atom. The van der Waals surface area contributed by atoms with Crippen molar-refractivity contribution in [2.45, 2.75) is 19.5 Å². The number of benzene rings is 1. The van der Waals surface area contributed by atoms with Gasteiger partial charge in [-0.25, -0.2) is 0 Å². The third-order valence-corrected chi connectivity index (χ3v) is 2.68. The molecule has 3 N–H and O–H groups in total. The van der Waals surface area contributed by atoms with Crippen molar-refractivity contribution in [3.63, 3.8) is 0 Å². The molecule has 0 unspecified atom stereocenters. The fourth-order valence-electron chi connectivity index (χ4n) is 1.68. The molecule has 0 amide bonds. The summed E-state index contributed by atoms with van der Waals surface area (Å²) in [7, 11) is 1.63. The van der Waals surface area contributed by atoms with Gasteiger partial charge in [0.25, 0.3) is 0 Å². The summed E-state index contributed by atoms with van der Waals surface area (Å²) in [5, 5.41) is 2.82. The fourth-order valence-corrected chi connectivity index (χ4v) is 1.68. The van der Waals surface area contributed by atoms with Gasteiger partial charge in [-0.3, -0.25) is 4.99 Å². The summed E-state index contributed by atoms with van der Waals surface area (Å²) in [6.07, 6.45) is 2.74. The van der Waals surface area contributed by atoms with Crippen LogP contribution in [0.3, 0.4) is 0 Å². The number of allylic oxidation sites excluding steroid dienone is 3. The van der Waals surface area contributed by atoms with Crippen LogP contribution in [0, 0.1) is 0 Å². The zero-order valence-corrected chi connectivity index (χ0v) is 11.9. The maximum atomic E-state index is 12.7. The van der Waals surface area contributed by atoms with Gasteiger partial charge < -0.3 is 11.1 Å². The Balaban J connectivity index is 3.18. The molecule has 3 nitrogen and oxygen atoms in total. The third-order valence-electron chi connectivity index (χ3n) is 2.68. The van der Waals surface area contributed by atoms with Gasteiger partial charge in [-0.15, -0.1) is 0 Å². The molecule has 21 heavy (non-hydrogen) atoms. The molecule has 0 aromatic heterocycles. The number of aliphatic imine (C=N–C) groups is 1. The Kier molecular flexibility index (Phi) is 6.02. The molecule has 0 saturated heterocycles. The van der Waals surface area contributed by atoms with E-state index in [2.05, 4.69) is 10.3 Å². The van der Waals surface area contributed by atoms with Crippen LogP contribution in [0.15, 0.2) is 47.1 Å². The van der Waals surface area contributed by atoms with Gasteiger partial charge in [0.2, 0.25) is 0 Å². The Labute approximate surface area is 122 Å². The molecule has 1 aromatic rings. The molecule has 0 heterocycles. The van der Waals surface area contributed by atoms with Crippen LogP contribution in [-0.2, 0) is 6.18 Å². The summed E-state index contributed by atoms with van der Waals surface area (Å²) >= 11 is 0. The number of rotatable bonds is 5. The molecule has 0 aliphatic heterocycles. The summed E-state index contributed by atoms with van der Waals surface area (Å²) < 4.78 is 38.2. The van der Waals surface area contributed by atoms with Gasteiger partial charge >= 0.3 is 6.18 Å². The Bertz CT molecular complexity index is 558. The van der Waals surface area contributed by atoms with Crippen molar-refractivity contribution in [2.24, 2.45) is 10.7 Å². The van der Waals surface area contributed by atoms with Gasteiger partial charge in [-0.2, -0.15) is 13.2 Å². The Hall–Kier alpha value is -2.24. The average molecular weight is 297 g/mol. The van der Waals surface area contributed by atoms with Gasteiger partial charge in [-0.1, -0.05) is 13.0 Å². The first kappa shape index (κ1) is 16.8. The molecule has 114 valence electrons. The largest absolute Gasteiger partial charge is 0.416 e. The van der Waals surface area contributed by atoms with E-state index in [1.165, 1.54) is 18.5 Å². The molecule has 0 atom stereocenters. The van der Waals surface area contributed by atoms with Crippen molar-refractivity contribution in [2.75, 3.05) is 12.4 Å². The second-order valence-corrected chi connectivity index (χ2v) is 4.21. The molecular formula is C15H18F3N3. The lowest BCUT2D eigenvalue weighted by Gasteiger charge is -2.10. The van der Waals surface area contributed by atoms with E-state index in [1.807, 2.05) is 13.0 Å². The minimum Gasteiger partial charge on any atom is -0.405 e. The smallest absolute Gasteiger partial charge is 0.405 e. The summed E-state index contributed by atoms with van der Waals surface area (Å²) in [5.74, 6) is 0. The molecule has 0 spiro atoms. The average Bonchev–Trinajstić information content (AvgIpc) is 2.44. The first-order valence-electron chi connectivity index (χ1n) is 6.43. The predicted octanol–water partition coefficient (Wildman–Crippen LogP) is 4.26. The second kappa shape index (κ2) is 7.52. The first-order valence-corrected chi connectivity index (χ1v) is 6.43. The van der Waals surface area contributed by atoms with E-state index in [-0.39, 0.29) is 5.69 Å². The third kappa shape index (κ3) is 4.98. The van der Waals surface area contributed by atoms with Crippen LogP contribution in [0.25, 0.3) is 0 Å². The minimum atomic E-state index is -4.39. The monoisotopic (exact) mass is 297 g/mol. The van der Waals surface area contributed by atoms with Crippen LogP contribution in [0.5, 0.6) is 0 Å². The highest BCUT2D eigenvalue weighted by atomic mass is 19.4. The number of anilines is 1. The van der Waals surface area contributed by atoms with Crippen LogP contribution in [0.4, 0.5) is 24.5 Å². The summed E-state index contributed by atoms with van der Waals surface area (Å²) in [5.41, 5.74) is 6.07. The maximum absolute atomic E-state index is 12.7. The topological polar surface area (TPSA) is 50.4 Å². The fraction of sp³-hybridized carbons (Fsp3) is 0.267. The standard InChI is InChI=1S/C15H18F3N3/c1-3-4-11(7-8-19)10-21-14-9-12(15(16,17)18)5-6-13(14)20-2/h4-10,20H,3,19H2,1-2H3/b8-7-,11-4+,21-10?. The molecular weight excluding hydrogens is 279 g/mol. The van der Waals surface area contributed by atoms with Gasteiger partial charge in [0.1, 0.15) is 0 Å². The highest BCUT2D eigenvalue weighted by Crippen LogP contribution is 2.35. The normalized spacial score (nSPS) is 13.3. The van der Waals surface area contributed by atoms with E-state index in [1.54, 1.807) is 13.1 Å². The maximum Gasteiger partial charge on any atom is 0.416 e. The van der Waals surface area contributed by atoms with Crippen LogP contribution < -0.4 is 11.1 Å². The van der Waals surface area contributed by atoms with Crippen LogP contribution >= 0.6 is 0 Å². The lowest BCUT2D eigenvalue weighted by Crippen LogP contribution is -2.04.